The van der Waals surface area contributed by atoms with Gasteiger partial charge in [0.1, 0.15) is 0 Å². The van der Waals surface area contributed by atoms with Crippen LogP contribution in [-0.4, -0.2) is 12.0 Å². The number of anilines is 1. The zero-order chi connectivity index (χ0) is 13.1. The summed E-state index contributed by atoms with van der Waals surface area (Å²) in [5.74, 6) is 1.30. The van der Waals surface area contributed by atoms with Gasteiger partial charge in [-0.15, -0.1) is 24.0 Å². The topological polar surface area (TPSA) is 50.4 Å². The van der Waals surface area contributed by atoms with Gasteiger partial charge in [-0.05, 0) is 55.9 Å². The summed E-state index contributed by atoms with van der Waals surface area (Å²) < 4.78 is 0. The van der Waals surface area contributed by atoms with Crippen LogP contribution in [0, 0.1) is 19.8 Å². The van der Waals surface area contributed by atoms with Gasteiger partial charge in [0.15, 0.2) is 5.96 Å². The van der Waals surface area contributed by atoms with Crippen molar-refractivity contribution >= 4 is 35.6 Å². The van der Waals surface area contributed by atoms with Crippen LogP contribution in [0.2, 0.25) is 0 Å². The predicted octanol–water partition coefficient (Wildman–Crippen LogP) is 3.84. The first kappa shape index (κ1) is 16.3. The number of aryl methyl sites for hydroxylation is 2. The first-order chi connectivity index (χ1) is 8.60. The number of hydrogen-bond acceptors (Lipinski definition) is 1. The number of nitrogens with zero attached hydrogens (tertiary/aromatic N) is 1. The Morgan fingerprint density at radius 3 is 2.74 bits per heavy atom. The van der Waals surface area contributed by atoms with Crippen LogP contribution in [0.15, 0.2) is 23.2 Å². The Balaban J connectivity index is 0.00000180. The molecule has 1 fully saturated rings. The summed E-state index contributed by atoms with van der Waals surface area (Å²) in [5, 5.41) is 3.17. The Hall–Kier alpha value is -0.780. The maximum Gasteiger partial charge on any atom is 0.193 e. The second kappa shape index (κ2) is 7.12. The zero-order valence-electron chi connectivity index (χ0n) is 11.9. The lowest BCUT2D eigenvalue weighted by Gasteiger charge is -2.08. The van der Waals surface area contributed by atoms with Crippen molar-refractivity contribution in [3.8, 4) is 0 Å². The fraction of sp³-hybridized carbons (Fsp3) is 0.533. The summed E-state index contributed by atoms with van der Waals surface area (Å²) in [4.78, 5) is 4.52. The molecule has 0 amide bonds. The van der Waals surface area contributed by atoms with E-state index in [-0.39, 0.29) is 24.0 Å². The summed E-state index contributed by atoms with van der Waals surface area (Å²) in [7, 11) is 0. The average Bonchev–Trinajstić information content (AvgIpc) is 3.02. The molecule has 2 rings (SSSR count). The van der Waals surface area contributed by atoms with Crippen LogP contribution in [0.25, 0.3) is 0 Å². The quantitative estimate of drug-likeness (QED) is 0.479. The number of nitrogens with one attached hydrogen (secondary N) is 1. The van der Waals surface area contributed by atoms with Crippen LogP contribution >= 0.6 is 24.0 Å². The number of halogens is 1. The molecule has 1 aromatic rings. The van der Waals surface area contributed by atoms with Crippen LogP contribution in [0.3, 0.4) is 0 Å². The first-order valence-corrected chi connectivity index (χ1v) is 6.77. The van der Waals surface area contributed by atoms with Crippen LogP contribution in [0.5, 0.6) is 0 Å². The van der Waals surface area contributed by atoms with Gasteiger partial charge in [-0.25, -0.2) is 4.99 Å². The summed E-state index contributed by atoms with van der Waals surface area (Å²) in [6.45, 7) is 6.43. The summed E-state index contributed by atoms with van der Waals surface area (Å²) in [6.07, 6.45) is 3.70. The van der Waals surface area contributed by atoms with E-state index in [1.165, 1.54) is 30.4 Å². The van der Waals surface area contributed by atoms with Gasteiger partial charge in [0.05, 0.1) is 6.04 Å². The standard InChI is InChI=1S/C15H23N3.HI/c1-4-5-12-9-14(12)18-15(16)17-13-7-6-10(2)11(3)8-13;/h6-8,12,14H,4-5,9H2,1-3H3,(H3,16,17,18);1H/t12-,14-;/m1./s1. The molecule has 0 saturated heterocycles. The smallest absolute Gasteiger partial charge is 0.193 e. The molecule has 0 spiro atoms. The number of hydrogen-bond donors (Lipinski definition) is 2. The Morgan fingerprint density at radius 2 is 2.11 bits per heavy atom. The van der Waals surface area contributed by atoms with E-state index in [1.807, 2.05) is 6.07 Å². The maximum atomic E-state index is 5.93. The molecule has 0 unspecified atom stereocenters. The molecular formula is C15H24IN3. The molecule has 1 saturated carbocycles. The minimum absolute atomic E-state index is 0. The van der Waals surface area contributed by atoms with Gasteiger partial charge in [-0.1, -0.05) is 19.4 Å². The number of benzene rings is 1. The van der Waals surface area contributed by atoms with E-state index in [4.69, 9.17) is 5.73 Å². The molecule has 1 aromatic carbocycles. The Morgan fingerprint density at radius 1 is 1.37 bits per heavy atom. The minimum Gasteiger partial charge on any atom is -0.370 e. The molecule has 106 valence electrons. The van der Waals surface area contributed by atoms with Crippen molar-refractivity contribution in [3.63, 3.8) is 0 Å². The fourth-order valence-corrected chi connectivity index (χ4v) is 2.25. The summed E-state index contributed by atoms with van der Waals surface area (Å²) in [5.41, 5.74) is 9.51. The van der Waals surface area contributed by atoms with E-state index in [1.54, 1.807) is 0 Å². The summed E-state index contributed by atoms with van der Waals surface area (Å²) >= 11 is 0. The number of nitrogens with two attached hydrogens (primary N) is 1. The first-order valence-electron chi connectivity index (χ1n) is 6.77. The molecule has 3 N–H and O–H groups in total. The highest BCUT2D eigenvalue weighted by Crippen LogP contribution is 2.37. The molecule has 0 aromatic heterocycles. The molecule has 0 heterocycles. The van der Waals surface area contributed by atoms with E-state index in [0.717, 1.165) is 11.6 Å². The lowest BCUT2D eigenvalue weighted by atomic mass is 10.1. The monoisotopic (exact) mass is 373 g/mol. The van der Waals surface area contributed by atoms with Gasteiger partial charge < -0.3 is 11.1 Å². The number of aliphatic imine (C=N–C) groups is 1. The second-order valence-electron chi connectivity index (χ2n) is 5.29. The highest BCUT2D eigenvalue weighted by Gasteiger charge is 2.35. The molecule has 2 atom stereocenters. The lowest BCUT2D eigenvalue weighted by molar-refractivity contribution is 0.683. The molecular weight excluding hydrogens is 349 g/mol. The molecule has 0 bridgehead atoms. The predicted molar refractivity (Wildman–Crippen MR) is 93.4 cm³/mol. The highest BCUT2D eigenvalue weighted by atomic mass is 127. The average molecular weight is 373 g/mol. The van der Waals surface area contributed by atoms with E-state index < -0.39 is 0 Å². The van der Waals surface area contributed by atoms with Crippen LogP contribution in [0.1, 0.15) is 37.3 Å². The van der Waals surface area contributed by atoms with E-state index in [0.29, 0.717) is 12.0 Å². The van der Waals surface area contributed by atoms with E-state index >= 15 is 0 Å². The molecule has 0 aliphatic heterocycles. The molecule has 4 heteroatoms. The zero-order valence-corrected chi connectivity index (χ0v) is 14.3. The third kappa shape index (κ3) is 4.67. The van der Waals surface area contributed by atoms with E-state index in [2.05, 4.69) is 43.2 Å². The highest BCUT2D eigenvalue weighted by molar-refractivity contribution is 14.0. The van der Waals surface area contributed by atoms with Crippen molar-refractivity contribution in [2.75, 3.05) is 5.32 Å². The third-order valence-corrected chi connectivity index (χ3v) is 3.63. The Labute approximate surface area is 133 Å². The van der Waals surface area contributed by atoms with Gasteiger partial charge >= 0.3 is 0 Å². The molecule has 1 aliphatic carbocycles. The number of rotatable bonds is 4. The molecule has 19 heavy (non-hydrogen) atoms. The van der Waals surface area contributed by atoms with Crippen LogP contribution < -0.4 is 11.1 Å². The van der Waals surface area contributed by atoms with Gasteiger partial charge in [0.2, 0.25) is 0 Å². The molecule has 3 nitrogen and oxygen atoms in total. The summed E-state index contributed by atoms with van der Waals surface area (Å²) in [6, 6.07) is 6.70. The SMILES string of the molecule is CCC[C@@H]1C[C@H]1N=C(N)Nc1ccc(C)c(C)c1.I. The maximum absolute atomic E-state index is 5.93. The Kier molecular flexibility index (Phi) is 6.10. The molecule has 1 aliphatic rings. The fourth-order valence-electron chi connectivity index (χ4n) is 2.25. The van der Waals surface area contributed by atoms with Gasteiger partial charge in [0, 0.05) is 5.69 Å². The van der Waals surface area contributed by atoms with E-state index in [9.17, 15) is 0 Å². The normalized spacial score (nSPS) is 21.7. The van der Waals surface area contributed by atoms with Gasteiger partial charge in [-0.2, -0.15) is 0 Å². The van der Waals surface area contributed by atoms with Gasteiger partial charge in [0.25, 0.3) is 0 Å². The van der Waals surface area contributed by atoms with Crippen molar-refractivity contribution < 1.29 is 0 Å². The molecule has 0 radical (unpaired) electrons. The number of guanidine groups is 1. The van der Waals surface area contributed by atoms with Gasteiger partial charge in [-0.3, -0.25) is 0 Å². The minimum atomic E-state index is 0. The van der Waals surface area contributed by atoms with Crippen molar-refractivity contribution in [1.82, 2.24) is 0 Å². The van der Waals surface area contributed by atoms with Crippen molar-refractivity contribution in [2.24, 2.45) is 16.6 Å². The lowest BCUT2D eigenvalue weighted by Crippen LogP contribution is -2.23. The van der Waals surface area contributed by atoms with Crippen molar-refractivity contribution in [3.05, 3.63) is 29.3 Å². The third-order valence-electron chi connectivity index (χ3n) is 3.63. The van der Waals surface area contributed by atoms with Crippen LogP contribution in [-0.2, 0) is 0 Å². The van der Waals surface area contributed by atoms with Crippen molar-refractivity contribution in [1.29, 1.82) is 0 Å². The largest absolute Gasteiger partial charge is 0.370 e. The van der Waals surface area contributed by atoms with Crippen LogP contribution in [0.4, 0.5) is 5.69 Å². The Bertz CT molecular complexity index is 457. The second-order valence-corrected chi connectivity index (χ2v) is 5.29. The van der Waals surface area contributed by atoms with Crippen molar-refractivity contribution in [2.45, 2.75) is 46.1 Å².